The summed E-state index contributed by atoms with van der Waals surface area (Å²) < 4.78 is 5.82. The second-order valence-electron chi connectivity index (χ2n) is 6.79. The third-order valence-electron chi connectivity index (χ3n) is 4.71. The van der Waals surface area contributed by atoms with Crippen LogP contribution in [0.4, 0.5) is 5.69 Å². The van der Waals surface area contributed by atoms with Gasteiger partial charge in [-0.2, -0.15) is 0 Å². The number of carbonyl (C=O) groups is 2. The van der Waals surface area contributed by atoms with E-state index in [1.54, 1.807) is 31.3 Å². The van der Waals surface area contributed by atoms with Gasteiger partial charge in [0.1, 0.15) is 11.5 Å². The number of nitrogens with one attached hydrogen (secondary N) is 2. The first-order valence-corrected chi connectivity index (χ1v) is 9.54. The molecule has 0 aliphatic rings. The normalized spacial score (nSPS) is 11.7. The monoisotopic (exact) mass is 392 g/mol. The Morgan fingerprint density at radius 3 is 2.69 bits per heavy atom. The smallest absolute Gasteiger partial charge is 0.257 e. The molecule has 150 valence electrons. The van der Waals surface area contributed by atoms with Crippen LogP contribution in [-0.4, -0.2) is 21.8 Å². The zero-order valence-electron chi connectivity index (χ0n) is 16.7. The number of rotatable bonds is 7. The molecule has 0 aliphatic heterocycles. The van der Waals surface area contributed by atoms with Gasteiger partial charge in [0.25, 0.3) is 5.91 Å². The van der Waals surface area contributed by atoms with Crippen molar-refractivity contribution in [1.82, 2.24) is 15.3 Å². The highest BCUT2D eigenvalue weighted by atomic mass is 16.4. The number of oxazole rings is 1. The first-order chi connectivity index (χ1) is 14.0. The molecule has 7 heteroatoms. The second-order valence-corrected chi connectivity index (χ2v) is 6.79. The van der Waals surface area contributed by atoms with E-state index in [4.69, 9.17) is 4.42 Å². The maximum absolute atomic E-state index is 12.5. The van der Waals surface area contributed by atoms with E-state index in [1.807, 2.05) is 32.0 Å². The lowest BCUT2D eigenvalue weighted by Crippen LogP contribution is -2.28. The Morgan fingerprint density at radius 2 is 1.97 bits per heavy atom. The average molecular weight is 392 g/mol. The molecule has 0 spiro atoms. The van der Waals surface area contributed by atoms with Crippen LogP contribution >= 0.6 is 0 Å². The topological polar surface area (TPSA) is 97.1 Å². The van der Waals surface area contributed by atoms with Gasteiger partial charge in [-0.15, -0.1) is 0 Å². The molecule has 2 N–H and O–H groups in total. The first kappa shape index (κ1) is 20.3. The number of carbonyl (C=O) groups excluding carboxylic acids is 2. The van der Waals surface area contributed by atoms with Crippen LogP contribution in [0.5, 0.6) is 0 Å². The number of aryl methyl sites for hydroxylation is 1. The summed E-state index contributed by atoms with van der Waals surface area (Å²) in [7, 11) is 0. The maximum Gasteiger partial charge on any atom is 0.257 e. The number of aromatic nitrogens is 2. The van der Waals surface area contributed by atoms with Gasteiger partial charge in [-0.05, 0) is 37.6 Å². The summed E-state index contributed by atoms with van der Waals surface area (Å²) in [6, 6.07) is 10.7. The lowest BCUT2D eigenvalue weighted by Gasteiger charge is -2.09. The average Bonchev–Trinajstić information content (AvgIpc) is 3.12. The van der Waals surface area contributed by atoms with Crippen molar-refractivity contribution in [2.45, 2.75) is 33.7 Å². The second kappa shape index (κ2) is 9.14. The number of para-hydroxylation sites is 1. The van der Waals surface area contributed by atoms with Crippen LogP contribution in [0, 0.1) is 12.8 Å². The Bertz CT molecular complexity index is 998. The quantitative estimate of drug-likeness (QED) is 0.634. The van der Waals surface area contributed by atoms with Gasteiger partial charge in [0.15, 0.2) is 0 Å². The lowest BCUT2D eigenvalue weighted by atomic mass is 10.1. The van der Waals surface area contributed by atoms with Gasteiger partial charge < -0.3 is 15.1 Å². The molecule has 0 saturated carbocycles. The Kier molecular flexibility index (Phi) is 6.39. The summed E-state index contributed by atoms with van der Waals surface area (Å²) in [5.74, 6) is 0.677. The Morgan fingerprint density at radius 1 is 1.17 bits per heavy atom. The molecule has 0 saturated heterocycles. The van der Waals surface area contributed by atoms with Crippen LogP contribution in [0.2, 0.25) is 0 Å². The standard InChI is InChI=1S/C22H24N4O3/c1-4-14(2)20(27)24-13-19-15(3)29-22(26-19)17-9-5-6-10-18(17)25-21(28)16-8-7-11-23-12-16/h5-12,14H,4,13H2,1-3H3,(H,24,27)(H,25,28). The van der Waals surface area contributed by atoms with Crippen molar-refractivity contribution in [2.24, 2.45) is 5.92 Å². The summed E-state index contributed by atoms with van der Waals surface area (Å²) >= 11 is 0. The van der Waals surface area contributed by atoms with E-state index in [0.29, 0.717) is 40.7 Å². The third-order valence-corrected chi connectivity index (χ3v) is 4.71. The van der Waals surface area contributed by atoms with E-state index in [-0.39, 0.29) is 17.7 Å². The largest absolute Gasteiger partial charge is 0.441 e. The number of nitrogens with zero attached hydrogens (tertiary/aromatic N) is 2. The van der Waals surface area contributed by atoms with E-state index >= 15 is 0 Å². The number of hydrogen-bond donors (Lipinski definition) is 2. The Hall–Kier alpha value is -3.48. The summed E-state index contributed by atoms with van der Waals surface area (Å²) in [6.07, 6.45) is 3.89. The van der Waals surface area contributed by atoms with Gasteiger partial charge in [0, 0.05) is 18.3 Å². The summed E-state index contributed by atoms with van der Waals surface area (Å²) in [6.45, 7) is 5.96. The molecule has 2 aromatic heterocycles. The minimum atomic E-state index is -0.269. The highest BCUT2D eigenvalue weighted by molar-refractivity contribution is 6.05. The van der Waals surface area contributed by atoms with Crippen molar-refractivity contribution in [1.29, 1.82) is 0 Å². The molecule has 0 fully saturated rings. The molecule has 2 amide bonds. The van der Waals surface area contributed by atoms with E-state index < -0.39 is 0 Å². The molecule has 3 rings (SSSR count). The van der Waals surface area contributed by atoms with Crippen molar-refractivity contribution >= 4 is 17.5 Å². The predicted molar refractivity (Wildman–Crippen MR) is 110 cm³/mol. The van der Waals surface area contributed by atoms with Crippen molar-refractivity contribution in [2.75, 3.05) is 5.32 Å². The number of hydrogen-bond acceptors (Lipinski definition) is 5. The fourth-order valence-corrected chi connectivity index (χ4v) is 2.71. The third kappa shape index (κ3) is 4.87. The zero-order valence-corrected chi connectivity index (χ0v) is 16.7. The van der Waals surface area contributed by atoms with E-state index in [9.17, 15) is 9.59 Å². The molecule has 1 atom stereocenters. The van der Waals surface area contributed by atoms with Crippen LogP contribution in [0.1, 0.15) is 42.1 Å². The molecule has 0 radical (unpaired) electrons. The lowest BCUT2D eigenvalue weighted by molar-refractivity contribution is -0.124. The molecule has 1 unspecified atom stereocenters. The Labute approximate surface area is 169 Å². The summed E-state index contributed by atoms with van der Waals surface area (Å²) in [4.78, 5) is 33.0. The molecule has 7 nitrogen and oxygen atoms in total. The minimum absolute atomic E-state index is 0.0133. The van der Waals surface area contributed by atoms with Gasteiger partial charge in [-0.25, -0.2) is 4.98 Å². The van der Waals surface area contributed by atoms with Crippen LogP contribution in [0.25, 0.3) is 11.5 Å². The zero-order chi connectivity index (χ0) is 20.8. The van der Waals surface area contributed by atoms with E-state index in [1.165, 1.54) is 6.20 Å². The molecular weight excluding hydrogens is 368 g/mol. The number of pyridine rings is 1. The van der Waals surface area contributed by atoms with E-state index in [0.717, 1.165) is 6.42 Å². The first-order valence-electron chi connectivity index (χ1n) is 9.54. The number of amides is 2. The molecule has 1 aromatic carbocycles. The van der Waals surface area contributed by atoms with Crippen molar-refractivity contribution in [3.63, 3.8) is 0 Å². The molecule has 2 heterocycles. The summed E-state index contributed by atoms with van der Waals surface area (Å²) in [5.41, 5.74) is 2.36. The van der Waals surface area contributed by atoms with Gasteiger partial charge >= 0.3 is 0 Å². The number of benzene rings is 1. The molecule has 29 heavy (non-hydrogen) atoms. The van der Waals surface area contributed by atoms with Crippen LogP contribution in [0.3, 0.4) is 0 Å². The van der Waals surface area contributed by atoms with Crippen molar-refractivity contribution in [3.8, 4) is 11.5 Å². The van der Waals surface area contributed by atoms with Gasteiger partial charge in [0.2, 0.25) is 11.8 Å². The van der Waals surface area contributed by atoms with Crippen LogP contribution in [0.15, 0.2) is 53.2 Å². The predicted octanol–water partition coefficient (Wildman–Crippen LogP) is 3.96. The number of anilines is 1. The Balaban J connectivity index is 1.79. The molecular formula is C22H24N4O3. The minimum Gasteiger partial charge on any atom is -0.441 e. The highest BCUT2D eigenvalue weighted by Gasteiger charge is 2.17. The summed E-state index contributed by atoms with van der Waals surface area (Å²) in [5, 5.41) is 5.76. The van der Waals surface area contributed by atoms with Crippen molar-refractivity contribution in [3.05, 3.63) is 65.8 Å². The van der Waals surface area contributed by atoms with Crippen LogP contribution in [-0.2, 0) is 11.3 Å². The fourth-order valence-electron chi connectivity index (χ4n) is 2.71. The molecule has 0 bridgehead atoms. The van der Waals surface area contributed by atoms with Gasteiger partial charge in [0.05, 0.1) is 23.4 Å². The fraction of sp³-hybridized carbons (Fsp3) is 0.273. The molecule has 0 aliphatic carbocycles. The SMILES string of the molecule is CCC(C)C(=O)NCc1nc(-c2ccccc2NC(=O)c2cccnc2)oc1C. The highest BCUT2D eigenvalue weighted by Crippen LogP contribution is 2.29. The maximum atomic E-state index is 12.5. The van der Waals surface area contributed by atoms with Crippen LogP contribution < -0.4 is 10.6 Å². The van der Waals surface area contributed by atoms with E-state index in [2.05, 4.69) is 20.6 Å². The van der Waals surface area contributed by atoms with Crippen molar-refractivity contribution < 1.29 is 14.0 Å². The van der Waals surface area contributed by atoms with Gasteiger partial charge in [-0.1, -0.05) is 26.0 Å². The molecule has 3 aromatic rings. The van der Waals surface area contributed by atoms with Gasteiger partial charge in [-0.3, -0.25) is 14.6 Å².